The van der Waals surface area contributed by atoms with Gasteiger partial charge in [0.1, 0.15) is 12.4 Å². The fourth-order valence-electron chi connectivity index (χ4n) is 9.00. The maximum Gasteiger partial charge on any atom is 0.243 e. The largest absolute Gasteiger partial charge is 0.490 e. The van der Waals surface area contributed by atoms with Gasteiger partial charge in [0.15, 0.2) is 8.32 Å². The Hall–Kier alpha value is -2.81. The molecule has 1 saturated heterocycles. The van der Waals surface area contributed by atoms with Crippen molar-refractivity contribution < 1.29 is 36.5 Å². The molecule has 3 atom stereocenters. The van der Waals surface area contributed by atoms with Crippen molar-refractivity contribution in [2.24, 2.45) is 0 Å². The van der Waals surface area contributed by atoms with Crippen LogP contribution in [-0.2, 0) is 46.6 Å². The monoisotopic (exact) mass is 824 g/mol. The van der Waals surface area contributed by atoms with E-state index >= 15 is 0 Å². The molecule has 0 spiro atoms. The Bertz CT molecular complexity index is 1770. The van der Waals surface area contributed by atoms with Crippen LogP contribution in [0.1, 0.15) is 82.6 Å². The van der Waals surface area contributed by atoms with Crippen molar-refractivity contribution in [3.05, 3.63) is 89.0 Å². The highest BCUT2D eigenvalue weighted by Gasteiger charge is 2.48. The van der Waals surface area contributed by atoms with E-state index in [2.05, 4.69) is 82.8 Å². The minimum atomic E-state index is -3.90. The Balaban J connectivity index is 1.50. The average Bonchev–Trinajstić information content (AvgIpc) is 3.19. The van der Waals surface area contributed by atoms with Crippen molar-refractivity contribution in [1.29, 1.82) is 0 Å². The van der Waals surface area contributed by atoms with Crippen LogP contribution in [-0.4, -0.2) is 100 Å². The minimum absolute atomic E-state index is 0.0775. The van der Waals surface area contributed by atoms with E-state index < -0.39 is 24.4 Å². The number of nitrogens with zero attached hydrogens (tertiary/aromatic N) is 2. The summed E-state index contributed by atoms with van der Waals surface area (Å²) in [6, 6.07) is 21.6. The minimum Gasteiger partial charge on any atom is -0.490 e. The van der Waals surface area contributed by atoms with Crippen LogP contribution in [0.2, 0.25) is 16.6 Å². The number of methoxy groups -OCH3 is 2. The molecule has 0 aliphatic carbocycles. The normalized spacial score (nSPS) is 19.4. The molecule has 316 valence electrons. The SMILES string of the molecule is COCCCN1CCOc2ccc(CO[C@H]3CN(S(=O)(=O)c4ccc(C)cc4)[C@H](CO[Si](C(C)C)(C(C)C)C(C)C)C[C@@H]3c3ccc(COCCOC)cc3)cc21. The molecule has 0 aromatic heterocycles. The number of hydrogen-bond donors (Lipinski definition) is 0. The summed E-state index contributed by atoms with van der Waals surface area (Å²) >= 11 is 0. The predicted molar refractivity (Wildman–Crippen MR) is 230 cm³/mol. The molecular weight excluding hydrogens is 757 g/mol. The number of rotatable bonds is 21. The Kier molecular flexibility index (Phi) is 16.6. The molecule has 3 aromatic carbocycles. The lowest BCUT2D eigenvalue weighted by molar-refractivity contribution is -0.0262. The van der Waals surface area contributed by atoms with Gasteiger partial charge in [0.2, 0.25) is 10.0 Å². The number of benzene rings is 3. The topological polar surface area (TPSA) is 96.0 Å². The van der Waals surface area contributed by atoms with Crippen LogP contribution < -0.4 is 9.64 Å². The van der Waals surface area contributed by atoms with Gasteiger partial charge in [-0.3, -0.25) is 0 Å². The van der Waals surface area contributed by atoms with Crippen molar-refractivity contribution in [3.63, 3.8) is 0 Å². The van der Waals surface area contributed by atoms with Gasteiger partial charge in [-0.1, -0.05) is 89.6 Å². The summed E-state index contributed by atoms with van der Waals surface area (Å²) in [6.07, 6.45) is 1.06. The lowest BCUT2D eigenvalue weighted by atomic mass is 9.84. The fraction of sp³-hybridized carbons (Fsp3) is 0.600. The summed E-state index contributed by atoms with van der Waals surface area (Å²) in [5.74, 6) is 0.789. The van der Waals surface area contributed by atoms with Gasteiger partial charge >= 0.3 is 0 Å². The van der Waals surface area contributed by atoms with E-state index in [0.717, 1.165) is 53.2 Å². The third-order valence-corrected chi connectivity index (χ3v) is 19.9. The van der Waals surface area contributed by atoms with Crippen LogP contribution in [0, 0.1) is 6.92 Å². The van der Waals surface area contributed by atoms with Crippen LogP contribution in [0.25, 0.3) is 0 Å². The summed E-state index contributed by atoms with van der Waals surface area (Å²) in [5, 5.41) is 0. The van der Waals surface area contributed by atoms with Gasteiger partial charge < -0.3 is 33.0 Å². The molecule has 1 fully saturated rings. The molecule has 0 amide bonds. The summed E-state index contributed by atoms with van der Waals surface area (Å²) < 4.78 is 67.7. The smallest absolute Gasteiger partial charge is 0.243 e. The van der Waals surface area contributed by atoms with Crippen molar-refractivity contribution in [2.45, 2.75) is 114 Å². The molecule has 12 heteroatoms. The van der Waals surface area contributed by atoms with Crippen molar-refractivity contribution >= 4 is 24.0 Å². The van der Waals surface area contributed by atoms with Crippen LogP contribution in [0.5, 0.6) is 5.75 Å². The zero-order chi connectivity index (χ0) is 41.2. The number of anilines is 1. The molecule has 2 aliphatic rings. The highest BCUT2D eigenvalue weighted by molar-refractivity contribution is 7.89. The second-order valence-corrected chi connectivity index (χ2v) is 24.0. The number of ether oxygens (including phenoxy) is 5. The van der Waals surface area contributed by atoms with Gasteiger partial charge in [0, 0.05) is 45.9 Å². The van der Waals surface area contributed by atoms with E-state index in [4.69, 9.17) is 28.1 Å². The number of piperidine rings is 1. The second kappa shape index (κ2) is 20.9. The van der Waals surface area contributed by atoms with Gasteiger partial charge in [-0.2, -0.15) is 4.31 Å². The third-order valence-electron chi connectivity index (χ3n) is 11.9. The Morgan fingerprint density at radius 1 is 0.825 bits per heavy atom. The maximum absolute atomic E-state index is 14.8. The maximum atomic E-state index is 14.8. The van der Waals surface area contributed by atoms with E-state index in [1.165, 1.54) is 0 Å². The third kappa shape index (κ3) is 11.1. The number of sulfonamides is 1. The van der Waals surface area contributed by atoms with Gasteiger partial charge in [0.05, 0.1) is 56.3 Å². The van der Waals surface area contributed by atoms with Gasteiger partial charge in [0.25, 0.3) is 0 Å². The molecule has 5 rings (SSSR count). The van der Waals surface area contributed by atoms with Gasteiger partial charge in [-0.25, -0.2) is 8.42 Å². The van der Waals surface area contributed by atoms with Crippen molar-refractivity contribution in [2.75, 3.05) is 71.8 Å². The first kappa shape index (κ1) is 45.3. The predicted octanol–water partition coefficient (Wildman–Crippen LogP) is 8.72. The Morgan fingerprint density at radius 2 is 1.49 bits per heavy atom. The molecular formula is C45H68N2O8SSi. The van der Waals surface area contributed by atoms with Crippen molar-refractivity contribution in [1.82, 2.24) is 4.31 Å². The molecule has 2 aliphatic heterocycles. The molecule has 2 heterocycles. The zero-order valence-electron chi connectivity index (χ0n) is 35.9. The standard InChI is InChI=1S/C45H68N2O8SSi/c1-33(2)57(34(3)4,35(5)6)55-32-40-28-42(39-16-13-37(14-17-39)30-52-26-25-51-9)45(29-47(40)56(48,49)41-18-11-36(7)12-19-41)54-31-38-15-20-44-43(27-38)46(22-24-53-44)21-10-23-50-8/h11-20,27,33-35,40,42,45H,10,21-26,28-32H2,1-9H3/t40-,42+,45-/m0/s1. The molecule has 57 heavy (non-hydrogen) atoms. The number of aryl methyl sites for hydroxylation is 1. The summed E-state index contributed by atoms with van der Waals surface area (Å²) in [5.41, 5.74) is 6.36. The molecule has 0 unspecified atom stereocenters. The lowest BCUT2D eigenvalue weighted by Crippen LogP contribution is -2.56. The lowest BCUT2D eigenvalue weighted by Gasteiger charge is -2.47. The Morgan fingerprint density at radius 3 is 2.14 bits per heavy atom. The number of hydrogen-bond acceptors (Lipinski definition) is 9. The first-order chi connectivity index (χ1) is 27.3. The highest BCUT2D eigenvalue weighted by Crippen LogP contribution is 2.44. The summed E-state index contributed by atoms with van der Waals surface area (Å²) in [6.45, 7) is 21.0. The molecule has 0 radical (unpaired) electrons. The van der Waals surface area contributed by atoms with E-state index in [1.54, 1.807) is 30.7 Å². The van der Waals surface area contributed by atoms with Crippen molar-refractivity contribution in [3.8, 4) is 5.75 Å². The quantitative estimate of drug-likeness (QED) is 0.0773. The van der Waals surface area contributed by atoms with E-state index in [-0.39, 0.29) is 23.4 Å². The average molecular weight is 825 g/mol. The fourth-order valence-corrected chi connectivity index (χ4v) is 16.1. The molecule has 0 saturated carbocycles. The summed E-state index contributed by atoms with van der Waals surface area (Å²) in [7, 11) is -2.82. The van der Waals surface area contributed by atoms with E-state index in [9.17, 15) is 8.42 Å². The number of fused-ring (bicyclic) bond motifs is 1. The molecule has 0 N–H and O–H groups in total. The molecule has 3 aromatic rings. The van der Waals surface area contributed by atoms with Gasteiger partial charge in [-0.15, -0.1) is 0 Å². The Labute approximate surface area is 344 Å². The van der Waals surface area contributed by atoms with E-state index in [1.807, 2.05) is 25.1 Å². The summed E-state index contributed by atoms with van der Waals surface area (Å²) in [4.78, 5) is 2.64. The van der Waals surface area contributed by atoms with Crippen LogP contribution in [0.15, 0.2) is 71.6 Å². The van der Waals surface area contributed by atoms with Gasteiger partial charge in [-0.05, 0) is 77.3 Å². The van der Waals surface area contributed by atoms with Crippen LogP contribution >= 0.6 is 0 Å². The second-order valence-electron chi connectivity index (χ2n) is 16.6. The molecule has 10 nitrogen and oxygen atoms in total. The van der Waals surface area contributed by atoms with E-state index in [0.29, 0.717) is 69.3 Å². The first-order valence-electron chi connectivity index (χ1n) is 20.8. The van der Waals surface area contributed by atoms with Crippen LogP contribution in [0.4, 0.5) is 5.69 Å². The highest BCUT2D eigenvalue weighted by atomic mass is 32.2. The zero-order valence-corrected chi connectivity index (χ0v) is 37.7. The first-order valence-corrected chi connectivity index (χ1v) is 24.4. The van der Waals surface area contributed by atoms with Crippen LogP contribution in [0.3, 0.4) is 0 Å². The molecule has 0 bridgehead atoms.